The molecule has 1 aromatic carbocycles. The average Bonchev–Trinajstić information content (AvgIpc) is 1.83. The van der Waals surface area contributed by atoms with Crippen molar-refractivity contribution in [3.63, 3.8) is 0 Å². The van der Waals surface area contributed by atoms with Crippen LogP contribution in [0.15, 0.2) is 18.2 Å². The van der Waals surface area contributed by atoms with Crippen LogP contribution in [0.3, 0.4) is 0 Å². The second-order valence-electron chi connectivity index (χ2n) is 1.94. The Labute approximate surface area is 94.0 Å². The summed E-state index contributed by atoms with van der Waals surface area (Å²) in [6, 6.07) is 4.86. The normalized spacial score (nSPS) is 7.73. The molecule has 4 heteroatoms. The van der Waals surface area contributed by atoms with Crippen molar-refractivity contribution in [1.29, 1.82) is 0 Å². The number of para-hydroxylation sites is 1. The van der Waals surface area contributed by atoms with E-state index in [9.17, 15) is 0 Å². The largest absolute Gasteiger partial charge is 1.00 e. The quantitative estimate of drug-likeness (QED) is 0.313. The van der Waals surface area contributed by atoms with Crippen LogP contribution in [0.4, 0.5) is 0 Å². The number of benzene rings is 1. The van der Waals surface area contributed by atoms with Gasteiger partial charge < -0.3 is 22.6 Å². The van der Waals surface area contributed by atoms with Gasteiger partial charge in [-0.1, -0.05) is 12.1 Å². The predicted molar refractivity (Wildman–Crippen MR) is 34.5 cm³/mol. The summed E-state index contributed by atoms with van der Waals surface area (Å²) in [5.41, 5.74) is 0.690. The van der Waals surface area contributed by atoms with Gasteiger partial charge in [0.05, 0.1) is 0 Å². The zero-order valence-electron chi connectivity index (χ0n) is 6.50. The Kier molecular flexibility index (Phi) is 7.12. The number of phenolic OH excluding ortho intramolecular Hbond substituents is 2. The fraction of sp³-hybridized carbons (Fsp3) is 0.143. The molecule has 0 radical (unpaired) electrons. The van der Waals surface area contributed by atoms with E-state index in [1.165, 1.54) is 6.07 Å². The van der Waals surface area contributed by atoms with Gasteiger partial charge in [-0.25, -0.2) is 0 Å². The van der Waals surface area contributed by atoms with Crippen LogP contribution in [-0.2, 0) is 0 Å². The molecule has 0 aliphatic rings. The minimum Gasteiger partial charge on any atom is -1.00 e. The van der Waals surface area contributed by atoms with Gasteiger partial charge in [0.1, 0.15) is 0 Å². The number of phenols is 2. The first kappa shape index (κ1) is 13.7. The van der Waals surface area contributed by atoms with E-state index >= 15 is 0 Å². The molecule has 0 amide bonds. The Morgan fingerprint density at radius 2 is 1.73 bits per heavy atom. The third-order valence-electron chi connectivity index (χ3n) is 1.22. The van der Waals surface area contributed by atoms with Crippen LogP contribution in [0.1, 0.15) is 5.56 Å². The zero-order chi connectivity index (χ0) is 6.85. The Morgan fingerprint density at radius 3 is 2.09 bits per heavy atom. The fourth-order valence-electron chi connectivity index (χ4n) is 0.643. The van der Waals surface area contributed by atoms with Crippen molar-refractivity contribution in [3.05, 3.63) is 23.8 Å². The Morgan fingerprint density at radius 1 is 1.18 bits per heavy atom. The van der Waals surface area contributed by atoms with Crippen molar-refractivity contribution in [2.24, 2.45) is 0 Å². The second-order valence-corrected chi connectivity index (χ2v) is 1.94. The van der Waals surface area contributed by atoms with E-state index in [1.54, 1.807) is 19.1 Å². The van der Waals surface area contributed by atoms with E-state index in [2.05, 4.69) is 0 Å². The van der Waals surface area contributed by atoms with Crippen LogP contribution in [0.5, 0.6) is 11.5 Å². The second kappa shape index (κ2) is 5.72. The van der Waals surface area contributed by atoms with Crippen LogP contribution in [0.25, 0.3) is 0 Å². The Balaban J connectivity index is 0. The van der Waals surface area contributed by atoms with E-state index in [-0.39, 0.29) is 53.5 Å². The molecule has 0 atom stereocenters. The molecular formula is C7H8ClNaO2. The van der Waals surface area contributed by atoms with Crippen LogP contribution in [0, 0.1) is 6.92 Å². The topological polar surface area (TPSA) is 40.5 Å². The van der Waals surface area contributed by atoms with Gasteiger partial charge in [0, 0.05) is 0 Å². The van der Waals surface area contributed by atoms with E-state index in [0.29, 0.717) is 5.56 Å². The molecule has 2 N–H and O–H groups in total. The van der Waals surface area contributed by atoms with Crippen LogP contribution < -0.4 is 42.0 Å². The first-order chi connectivity index (χ1) is 4.22. The third-order valence-corrected chi connectivity index (χ3v) is 1.22. The number of aryl methyl sites for hydroxylation is 1. The molecule has 56 valence electrons. The molecule has 0 aromatic heterocycles. The maximum absolute atomic E-state index is 8.96. The number of aromatic hydroxyl groups is 2. The molecule has 0 unspecified atom stereocenters. The molecule has 0 heterocycles. The molecule has 0 saturated carbocycles. The van der Waals surface area contributed by atoms with Gasteiger partial charge in [-0.3, -0.25) is 0 Å². The summed E-state index contributed by atoms with van der Waals surface area (Å²) < 4.78 is 0. The maximum atomic E-state index is 8.96. The van der Waals surface area contributed by atoms with E-state index in [0.717, 1.165) is 0 Å². The first-order valence-corrected chi connectivity index (χ1v) is 2.69. The molecule has 0 fully saturated rings. The minimum absolute atomic E-state index is 0. The SMILES string of the molecule is Cc1cccc(O)c1O.[Cl-].[Na+]. The number of halogens is 1. The van der Waals surface area contributed by atoms with Crippen molar-refractivity contribution in [3.8, 4) is 11.5 Å². The van der Waals surface area contributed by atoms with E-state index in [4.69, 9.17) is 10.2 Å². The number of hydrogen-bond acceptors (Lipinski definition) is 2. The molecule has 0 aliphatic heterocycles. The molecule has 0 bridgehead atoms. The monoisotopic (exact) mass is 182 g/mol. The van der Waals surface area contributed by atoms with Crippen molar-refractivity contribution < 1.29 is 52.2 Å². The molecule has 2 nitrogen and oxygen atoms in total. The summed E-state index contributed by atoms with van der Waals surface area (Å²) in [4.78, 5) is 0. The summed E-state index contributed by atoms with van der Waals surface area (Å²) in [6.07, 6.45) is 0. The van der Waals surface area contributed by atoms with Gasteiger partial charge in [-0.15, -0.1) is 0 Å². The van der Waals surface area contributed by atoms with Crippen LogP contribution in [0.2, 0.25) is 0 Å². The van der Waals surface area contributed by atoms with Gasteiger partial charge in [0.2, 0.25) is 0 Å². The van der Waals surface area contributed by atoms with Crippen LogP contribution >= 0.6 is 0 Å². The van der Waals surface area contributed by atoms with Crippen molar-refractivity contribution in [1.82, 2.24) is 0 Å². The zero-order valence-corrected chi connectivity index (χ0v) is 9.26. The maximum Gasteiger partial charge on any atom is 1.00 e. The summed E-state index contributed by atoms with van der Waals surface area (Å²) in [7, 11) is 0. The summed E-state index contributed by atoms with van der Waals surface area (Å²) in [5.74, 6) is -0.0903. The van der Waals surface area contributed by atoms with Gasteiger partial charge in [-0.2, -0.15) is 0 Å². The summed E-state index contributed by atoms with van der Waals surface area (Å²) in [5, 5.41) is 17.8. The molecule has 1 rings (SSSR count). The summed E-state index contributed by atoms with van der Waals surface area (Å²) >= 11 is 0. The molecule has 1 aromatic rings. The first-order valence-electron chi connectivity index (χ1n) is 2.69. The standard InChI is InChI=1S/C7H8O2.ClH.Na/c1-5-3-2-4-6(8)7(5)9;;/h2-4,8-9H,1H3;1H;/q;;+1/p-1. The van der Waals surface area contributed by atoms with Crippen molar-refractivity contribution >= 4 is 0 Å². The molecule has 0 spiro atoms. The smallest absolute Gasteiger partial charge is 1.00 e. The Hall–Kier alpha value is 0.110. The van der Waals surface area contributed by atoms with E-state index in [1.807, 2.05) is 0 Å². The van der Waals surface area contributed by atoms with Crippen molar-refractivity contribution in [2.45, 2.75) is 6.92 Å². The predicted octanol–water partition coefficient (Wildman–Crippen LogP) is -4.59. The molecule has 0 saturated heterocycles. The number of hydrogen-bond donors (Lipinski definition) is 2. The minimum atomic E-state index is -0.0602. The molecule has 11 heavy (non-hydrogen) atoms. The Bertz CT molecular complexity index is 207. The average molecular weight is 183 g/mol. The van der Waals surface area contributed by atoms with Crippen LogP contribution in [-0.4, -0.2) is 10.2 Å². The fourth-order valence-corrected chi connectivity index (χ4v) is 0.643. The van der Waals surface area contributed by atoms with Gasteiger partial charge in [0.15, 0.2) is 11.5 Å². The van der Waals surface area contributed by atoms with Gasteiger partial charge >= 0.3 is 29.6 Å². The van der Waals surface area contributed by atoms with Gasteiger partial charge in [-0.05, 0) is 18.6 Å². The van der Waals surface area contributed by atoms with Crippen molar-refractivity contribution in [2.75, 3.05) is 0 Å². The molecular weight excluding hydrogens is 175 g/mol. The van der Waals surface area contributed by atoms with E-state index < -0.39 is 0 Å². The number of rotatable bonds is 0. The molecule has 0 aliphatic carbocycles. The van der Waals surface area contributed by atoms with Gasteiger partial charge in [0.25, 0.3) is 0 Å². The summed E-state index contributed by atoms with van der Waals surface area (Å²) in [6.45, 7) is 1.73. The third kappa shape index (κ3) is 3.34.